The van der Waals surface area contributed by atoms with Crippen LogP contribution in [0.3, 0.4) is 0 Å². The minimum absolute atomic E-state index is 0.0286. The van der Waals surface area contributed by atoms with E-state index in [-0.39, 0.29) is 32.0 Å². The Kier molecular flexibility index (Phi) is 62.4. The third kappa shape index (κ3) is 68.7. The number of nitrogens with zero attached hydrogens (tertiary/aromatic N) is 1. The average Bonchev–Trinajstić information content (AvgIpc) is 3.49. The first-order valence-electron chi connectivity index (χ1n) is 35.5. The van der Waals surface area contributed by atoms with E-state index in [1.54, 1.807) is 0 Å². The van der Waals surface area contributed by atoms with E-state index in [9.17, 15) is 19.0 Å². The maximum absolute atomic E-state index is 12.9. The number of ether oxygens (including phenoxy) is 2. The minimum Gasteiger partial charge on any atom is -0.462 e. The van der Waals surface area contributed by atoms with Crippen molar-refractivity contribution in [3.05, 3.63) is 60.8 Å². The largest absolute Gasteiger partial charge is 0.472 e. The van der Waals surface area contributed by atoms with Crippen LogP contribution in [0.5, 0.6) is 0 Å². The molecule has 0 saturated carbocycles. The van der Waals surface area contributed by atoms with Crippen LogP contribution in [0.25, 0.3) is 0 Å². The Morgan fingerprint density at radius 2 is 0.687 bits per heavy atom. The molecule has 0 heterocycles. The number of carbonyl (C=O) groups is 2. The molecule has 0 fully saturated rings. The first-order valence-corrected chi connectivity index (χ1v) is 37.0. The van der Waals surface area contributed by atoms with E-state index in [2.05, 4.69) is 74.6 Å². The predicted molar refractivity (Wildman–Crippen MR) is 358 cm³/mol. The number of hydrogen-bond acceptors (Lipinski definition) is 7. The monoisotopic (exact) mass is 1190 g/mol. The molecule has 1 N–H and O–H groups in total. The van der Waals surface area contributed by atoms with Crippen LogP contribution in [-0.2, 0) is 32.7 Å². The van der Waals surface area contributed by atoms with Gasteiger partial charge in [-0.3, -0.25) is 18.6 Å². The van der Waals surface area contributed by atoms with Crippen LogP contribution in [0.4, 0.5) is 0 Å². The Bertz CT molecular complexity index is 1580. The molecule has 9 nitrogen and oxygen atoms in total. The van der Waals surface area contributed by atoms with Crippen molar-refractivity contribution in [1.82, 2.24) is 0 Å². The summed E-state index contributed by atoms with van der Waals surface area (Å²) in [5.41, 5.74) is 0. The maximum Gasteiger partial charge on any atom is 0.472 e. The van der Waals surface area contributed by atoms with Gasteiger partial charge in [-0.25, -0.2) is 4.57 Å². The zero-order valence-corrected chi connectivity index (χ0v) is 56.3. The van der Waals surface area contributed by atoms with Gasteiger partial charge in [-0.2, -0.15) is 0 Å². The fourth-order valence-corrected chi connectivity index (χ4v) is 11.1. The number of phosphoric ester groups is 1. The molecule has 0 spiro atoms. The molecule has 2 atom stereocenters. The first kappa shape index (κ1) is 80.7. The molecule has 0 radical (unpaired) electrons. The van der Waals surface area contributed by atoms with Gasteiger partial charge >= 0.3 is 19.8 Å². The molecular weight excluding hydrogens is 1050 g/mol. The number of allylic oxidation sites excluding steroid dienone is 10. The van der Waals surface area contributed by atoms with Gasteiger partial charge in [-0.15, -0.1) is 0 Å². The normalized spacial score (nSPS) is 13.5. The fraction of sp³-hybridized carbons (Fsp3) is 0.836. The zero-order valence-electron chi connectivity index (χ0n) is 55.4. The number of esters is 2. The van der Waals surface area contributed by atoms with Gasteiger partial charge < -0.3 is 18.9 Å². The number of hydrogen-bond donors (Lipinski definition) is 1. The minimum atomic E-state index is -4.40. The van der Waals surface area contributed by atoms with Gasteiger partial charge in [0.15, 0.2) is 6.10 Å². The van der Waals surface area contributed by atoms with E-state index in [1.165, 1.54) is 231 Å². The molecule has 0 aromatic carbocycles. The van der Waals surface area contributed by atoms with Crippen molar-refractivity contribution in [2.75, 3.05) is 47.5 Å². The van der Waals surface area contributed by atoms with Crippen LogP contribution in [0, 0.1) is 0 Å². The highest BCUT2D eigenvalue weighted by Crippen LogP contribution is 2.43. The Hall–Kier alpha value is -2.29. The maximum atomic E-state index is 12.9. The van der Waals surface area contributed by atoms with Crippen molar-refractivity contribution in [2.24, 2.45) is 0 Å². The quantitative estimate of drug-likeness (QED) is 0.0211. The van der Waals surface area contributed by atoms with E-state index >= 15 is 0 Å². The molecule has 83 heavy (non-hydrogen) atoms. The second-order valence-electron chi connectivity index (χ2n) is 25.3. The van der Waals surface area contributed by atoms with Crippen molar-refractivity contribution in [1.29, 1.82) is 0 Å². The summed E-state index contributed by atoms with van der Waals surface area (Å²) >= 11 is 0. The van der Waals surface area contributed by atoms with Gasteiger partial charge in [-0.05, 0) is 57.8 Å². The summed E-state index contributed by atoms with van der Waals surface area (Å²) in [5, 5.41) is 0. The SMILES string of the molecule is CC/C=C\C/C=C\C/C=C\C/C=C\C/C=C\CCCCCCCCCC(=O)OC(COC(=O)CCCCCCCCCCCCCCCCCCCCCCCCCCCCCCCCCCCCCC)COP(=O)(O)OCC[N+](C)(C)C. The van der Waals surface area contributed by atoms with E-state index in [4.69, 9.17) is 18.5 Å². The lowest BCUT2D eigenvalue weighted by Crippen LogP contribution is -2.37. The zero-order chi connectivity index (χ0) is 60.5. The molecule has 0 amide bonds. The number of unbranched alkanes of at least 4 members (excludes halogenated alkanes) is 42. The highest BCUT2D eigenvalue weighted by molar-refractivity contribution is 7.47. The van der Waals surface area contributed by atoms with Gasteiger partial charge in [0.2, 0.25) is 0 Å². The number of quaternary nitrogens is 1. The van der Waals surface area contributed by atoms with Crippen LogP contribution >= 0.6 is 7.82 Å². The summed E-state index contributed by atoms with van der Waals surface area (Å²) in [6, 6.07) is 0. The molecule has 0 aromatic rings. The molecule has 0 aliphatic carbocycles. The molecule has 0 saturated heterocycles. The average molecular weight is 1190 g/mol. The van der Waals surface area contributed by atoms with Crippen molar-refractivity contribution in [3.8, 4) is 0 Å². The van der Waals surface area contributed by atoms with Crippen molar-refractivity contribution >= 4 is 19.8 Å². The number of rotatable bonds is 66. The van der Waals surface area contributed by atoms with Crippen molar-refractivity contribution < 1.29 is 42.1 Å². The van der Waals surface area contributed by atoms with Gasteiger partial charge in [-0.1, -0.05) is 331 Å². The molecule has 486 valence electrons. The lowest BCUT2D eigenvalue weighted by atomic mass is 10.0. The van der Waals surface area contributed by atoms with Crippen molar-refractivity contribution in [3.63, 3.8) is 0 Å². The van der Waals surface area contributed by atoms with Crippen LogP contribution < -0.4 is 0 Å². The standard InChI is InChI=1S/C73H136NO8P/c1-6-8-10-12-14-16-18-20-22-24-26-28-30-31-32-33-34-35-36-37-38-39-40-41-42-44-45-47-49-51-53-55-57-59-61-63-65-72(75)79-69-71(70-81-83(77,78)80-68-67-74(3,4)5)82-73(76)66-64-62-60-58-56-54-52-50-48-46-43-29-27-25-23-21-19-17-15-13-11-9-7-2/h9,11,15,17,21,23,27,29,46,48,71H,6-8,10,12-14,16,18-20,22,24-26,28,30-45,47,49-70H2,1-5H3/p+1/b11-9-,17-15-,23-21-,29-27-,48-46-. The molecular formula is C73H137NO8P+. The van der Waals surface area contributed by atoms with Crippen LogP contribution in [-0.4, -0.2) is 74.9 Å². The van der Waals surface area contributed by atoms with E-state index < -0.39 is 26.5 Å². The summed E-state index contributed by atoms with van der Waals surface area (Å²) in [5.74, 6) is -0.798. The lowest BCUT2D eigenvalue weighted by Gasteiger charge is -2.24. The predicted octanol–water partition coefficient (Wildman–Crippen LogP) is 23.0. The van der Waals surface area contributed by atoms with Gasteiger partial charge in [0.25, 0.3) is 0 Å². The second kappa shape index (κ2) is 64.2. The summed E-state index contributed by atoms with van der Waals surface area (Å²) < 4.78 is 34.7. The van der Waals surface area contributed by atoms with E-state index in [1.807, 2.05) is 21.1 Å². The Labute approximate surface area is 515 Å². The van der Waals surface area contributed by atoms with Crippen LogP contribution in [0.1, 0.15) is 341 Å². The molecule has 0 aromatic heterocycles. The fourth-order valence-electron chi connectivity index (χ4n) is 10.4. The van der Waals surface area contributed by atoms with Gasteiger partial charge in [0, 0.05) is 12.8 Å². The van der Waals surface area contributed by atoms with E-state index in [0.717, 1.165) is 77.0 Å². The highest BCUT2D eigenvalue weighted by Gasteiger charge is 2.27. The number of phosphoric acid groups is 1. The van der Waals surface area contributed by atoms with Crippen LogP contribution in [0.2, 0.25) is 0 Å². The van der Waals surface area contributed by atoms with Crippen LogP contribution in [0.15, 0.2) is 60.8 Å². The Morgan fingerprint density at radius 1 is 0.386 bits per heavy atom. The lowest BCUT2D eigenvalue weighted by molar-refractivity contribution is -0.870. The topological polar surface area (TPSA) is 108 Å². The summed E-state index contributed by atoms with van der Waals surface area (Å²) in [6.07, 6.45) is 84.9. The summed E-state index contributed by atoms with van der Waals surface area (Å²) in [7, 11) is 1.48. The molecule has 0 aliphatic heterocycles. The third-order valence-electron chi connectivity index (χ3n) is 15.8. The van der Waals surface area contributed by atoms with E-state index in [0.29, 0.717) is 17.4 Å². The highest BCUT2D eigenvalue weighted by atomic mass is 31.2. The molecule has 2 unspecified atom stereocenters. The Morgan fingerprint density at radius 3 is 1.02 bits per heavy atom. The third-order valence-corrected chi connectivity index (χ3v) is 16.8. The molecule has 0 aliphatic rings. The second-order valence-corrected chi connectivity index (χ2v) is 26.7. The van der Waals surface area contributed by atoms with Crippen molar-refractivity contribution in [2.45, 2.75) is 347 Å². The first-order chi connectivity index (χ1) is 40.5. The van der Waals surface area contributed by atoms with Gasteiger partial charge in [0.05, 0.1) is 27.7 Å². The molecule has 0 bridgehead atoms. The molecule has 10 heteroatoms. The Balaban J connectivity index is 3.96. The van der Waals surface area contributed by atoms with Gasteiger partial charge in [0.1, 0.15) is 19.8 Å². The summed E-state index contributed by atoms with van der Waals surface area (Å²) in [4.78, 5) is 35.8. The number of likely N-dealkylation sites (N-methyl/N-ethyl adjacent to an activating group) is 1. The smallest absolute Gasteiger partial charge is 0.462 e. The molecule has 0 rings (SSSR count). The number of carbonyl (C=O) groups excluding carboxylic acids is 2. The summed E-state index contributed by atoms with van der Waals surface area (Å²) in [6.45, 7) is 4.36.